The average molecular weight is 291 g/mol. The fraction of sp³-hybridized carbons (Fsp3) is 0.105. The van der Waals surface area contributed by atoms with Crippen molar-refractivity contribution in [3.63, 3.8) is 0 Å². The van der Waals surface area contributed by atoms with E-state index in [1.54, 1.807) is 31.4 Å². The molecular formula is C19H17NO2. The van der Waals surface area contributed by atoms with Gasteiger partial charge in [-0.1, -0.05) is 36.4 Å². The Morgan fingerprint density at radius 3 is 2.41 bits per heavy atom. The molecule has 3 nitrogen and oxygen atoms in total. The van der Waals surface area contributed by atoms with Gasteiger partial charge in [0.15, 0.2) is 0 Å². The van der Waals surface area contributed by atoms with Gasteiger partial charge in [0.2, 0.25) is 0 Å². The van der Waals surface area contributed by atoms with Crippen molar-refractivity contribution in [2.45, 2.75) is 6.54 Å². The highest BCUT2D eigenvalue weighted by atomic mass is 16.5. The van der Waals surface area contributed by atoms with Crippen molar-refractivity contribution in [2.75, 3.05) is 7.11 Å². The van der Waals surface area contributed by atoms with Gasteiger partial charge in [-0.25, -0.2) is 0 Å². The van der Waals surface area contributed by atoms with Gasteiger partial charge in [0.1, 0.15) is 5.75 Å². The van der Waals surface area contributed by atoms with E-state index in [9.17, 15) is 4.79 Å². The summed E-state index contributed by atoms with van der Waals surface area (Å²) in [4.78, 5) is 12.1. The van der Waals surface area contributed by atoms with Crippen LogP contribution in [-0.2, 0) is 6.54 Å². The molecule has 0 saturated heterocycles. The van der Waals surface area contributed by atoms with Crippen LogP contribution in [0.2, 0.25) is 0 Å². The van der Waals surface area contributed by atoms with Crippen molar-refractivity contribution in [3.05, 3.63) is 77.9 Å². The number of amides is 1. The quantitative estimate of drug-likeness (QED) is 0.794. The highest BCUT2D eigenvalue weighted by Gasteiger charge is 2.05. The van der Waals surface area contributed by atoms with Crippen LogP contribution in [0.15, 0.2) is 66.7 Å². The zero-order valence-corrected chi connectivity index (χ0v) is 12.4. The third-order valence-corrected chi connectivity index (χ3v) is 3.62. The van der Waals surface area contributed by atoms with Gasteiger partial charge in [-0.2, -0.15) is 0 Å². The van der Waals surface area contributed by atoms with Gasteiger partial charge >= 0.3 is 0 Å². The van der Waals surface area contributed by atoms with Gasteiger partial charge in [0.05, 0.1) is 7.11 Å². The predicted octanol–water partition coefficient (Wildman–Crippen LogP) is 3.78. The van der Waals surface area contributed by atoms with Crippen LogP contribution in [0, 0.1) is 0 Å². The van der Waals surface area contributed by atoms with E-state index >= 15 is 0 Å². The Labute approximate surface area is 129 Å². The zero-order chi connectivity index (χ0) is 15.4. The van der Waals surface area contributed by atoms with Gasteiger partial charge < -0.3 is 10.1 Å². The van der Waals surface area contributed by atoms with Crippen molar-refractivity contribution in [3.8, 4) is 5.75 Å². The SMILES string of the molecule is COc1ccc(C(=O)NCc2ccc3ccccc3c2)cc1. The lowest BCUT2D eigenvalue weighted by atomic mass is 10.1. The summed E-state index contributed by atoms with van der Waals surface area (Å²) in [5.74, 6) is 0.655. The number of benzene rings is 3. The van der Waals surface area contributed by atoms with Crippen LogP contribution >= 0.6 is 0 Å². The lowest BCUT2D eigenvalue weighted by Gasteiger charge is -2.07. The molecule has 110 valence electrons. The molecule has 0 radical (unpaired) electrons. The molecule has 0 aliphatic carbocycles. The molecule has 3 rings (SSSR count). The van der Waals surface area contributed by atoms with Gasteiger partial charge in [0, 0.05) is 12.1 Å². The third kappa shape index (κ3) is 3.09. The highest BCUT2D eigenvalue weighted by Crippen LogP contribution is 2.16. The lowest BCUT2D eigenvalue weighted by Crippen LogP contribution is -2.22. The van der Waals surface area contributed by atoms with Gasteiger partial charge in [-0.05, 0) is 46.7 Å². The Balaban J connectivity index is 1.68. The Kier molecular flexibility index (Phi) is 4.05. The van der Waals surface area contributed by atoms with E-state index in [1.165, 1.54) is 10.8 Å². The summed E-state index contributed by atoms with van der Waals surface area (Å²) >= 11 is 0. The van der Waals surface area contributed by atoms with Crippen molar-refractivity contribution >= 4 is 16.7 Å². The number of nitrogens with one attached hydrogen (secondary N) is 1. The number of methoxy groups -OCH3 is 1. The first kappa shape index (κ1) is 14.1. The molecule has 0 aliphatic heterocycles. The first-order valence-corrected chi connectivity index (χ1v) is 7.16. The molecule has 22 heavy (non-hydrogen) atoms. The molecule has 3 aromatic carbocycles. The zero-order valence-electron chi connectivity index (χ0n) is 12.4. The van der Waals surface area contributed by atoms with Crippen LogP contribution in [0.1, 0.15) is 15.9 Å². The summed E-state index contributed by atoms with van der Waals surface area (Å²) < 4.78 is 5.09. The van der Waals surface area contributed by atoms with E-state index in [-0.39, 0.29) is 5.91 Å². The molecule has 0 atom stereocenters. The summed E-state index contributed by atoms with van der Waals surface area (Å²) in [6, 6.07) is 21.5. The maximum Gasteiger partial charge on any atom is 0.251 e. The van der Waals surface area contributed by atoms with E-state index in [1.807, 2.05) is 18.2 Å². The number of carbonyl (C=O) groups excluding carboxylic acids is 1. The number of rotatable bonds is 4. The third-order valence-electron chi connectivity index (χ3n) is 3.62. The maximum atomic E-state index is 12.1. The predicted molar refractivity (Wildman–Crippen MR) is 88.1 cm³/mol. The summed E-state index contributed by atoms with van der Waals surface area (Å²) in [5, 5.41) is 5.32. The fourth-order valence-corrected chi connectivity index (χ4v) is 2.38. The van der Waals surface area contributed by atoms with Crippen LogP contribution in [0.4, 0.5) is 0 Å². The van der Waals surface area contributed by atoms with E-state index in [0.29, 0.717) is 12.1 Å². The minimum absolute atomic E-state index is 0.0872. The first-order chi connectivity index (χ1) is 10.8. The van der Waals surface area contributed by atoms with Crippen LogP contribution < -0.4 is 10.1 Å². The fourth-order valence-electron chi connectivity index (χ4n) is 2.38. The summed E-state index contributed by atoms with van der Waals surface area (Å²) in [5.41, 5.74) is 1.71. The molecule has 0 saturated carbocycles. The van der Waals surface area contributed by atoms with Gasteiger partial charge in [-0.15, -0.1) is 0 Å². The number of hydrogen-bond donors (Lipinski definition) is 1. The van der Waals surface area contributed by atoms with Crippen LogP contribution in [-0.4, -0.2) is 13.0 Å². The number of hydrogen-bond acceptors (Lipinski definition) is 2. The summed E-state index contributed by atoms with van der Waals surface area (Å²) in [6.45, 7) is 0.510. The van der Waals surface area contributed by atoms with Gasteiger partial charge in [-0.3, -0.25) is 4.79 Å². The van der Waals surface area contributed by atoms with Gasteiger partial charge in [0.25, 0.3) is 5.91 Å². The molecule has 0 unspecified atom stereocenters. The lowest BCUT2D eigenvalue weighted by molar-refractivity contribution is 0.0951. The summed E-state index contributed by atoms with van der Waals surface area (Å²) in [7, 11) is 1.61. The van der Waals surface area contributed by atoms with E-state index in [0.717, 1.165) is 11.3 Å². The molecule has 1 amide bonds. The second-order valence-corrected chi connectivity index (χ2v) is 5.09. The monoisotopic (exact) mass is 291 g/mol. The van der Waals surface area contributed by atoms with Crippen LogP contribution in [0.5, 0.6) is 5.75 Å². The second-order valence-electron chi connectivity index (χ2n) is 5.09. The van der Waals surface area contributed by atoms with E-state index in [4.69, 9.17) is 4.74 Å². The topological polar surface area (TPSA) is 38.3 Å². The highest BCUT2D eigenvalue weighted by molar-refractivity contribution is 5.94. The molecule has 3 aromatic rings. The summed E-state index contributed by atoms with van der Waals surface area (Å²) in [6.07, 6.45) is 0. The minimum Gasteiger partial charge on any atom is -0.497 e. The molecule has 0 heterocycles. The van der Waals surface area contributed by atoms with E-state index in [2.05, 4.69) is 29.6 Å². The Morgan fingerprint density at radius 2 is 1.68 bits per heavy atom. The molecular weight excluding hydrogens is 274 g/mol. The molecule has 0 bridgehead atoms. The molecule has 0 spiro atoms. The number of fused-ring (bicyclic) bond motifs is 1. The Bertz CT molecular complexity index is 794. The molecule has 0 aliphatic rings. The smallest absolute Gasteiger partial charge is 0.251 e. The van der Waals surface area contributed by atoms with Crippen molar-refractivity contribution in [1.29, 1.82) is 0 Å². The molecule has 0 aromatic heterocycles. The van der Waals surface area contributed by atoms with Crippen molar-refractivity contribution in [2.24, 2.45) is 0 Å². The standard InChI is InChI=1S/C19H17NO2/c1-22-18-10-8-16(9-11-18)19(21)20-13-14-6-7-15-4-2-3-5-17(15)12-14/h2-12H,13H2,1H3,(H,20,21). The Morgan fingerprint density at radius 1 is 0.955 bits per heavy atom. The minimum atomic E-state index is -0.0872. The average Bonchev–Trinajstić information content (AvgIpc) is 2.59. The van der Waals surface area contributed by atoms with Crippen molar-refractivity contribution in [1.82, 2.24) is 5.32 Å². The normalized spacial score (nSPS) is 10.4. The maximum absolute atomic E-state index is 12.1. The largest absolute Gasteiger partial charge is 0.497 e. The van der Waals surface area contributed by atoms with Crippen LogP contribution in [0.3, 0.4) is 0 Å². The molecule has 0 fully saturated rings. The number of carbonyl (C=O) groups is 1. The first-order valence-electron chi connectivity index (χ1n) is 7.16. The molecule has 3 heteroatoms. The van der Waals surface area contributed by atoms with Crippen molar-refractivity contribution < 1.29 is 9.53 Å². The van der Waals surface area contributed by atoms with E-state index < -0.39 is 0 Å². The molecule has 1 N–H and O–H groups in total. The Hall–Kier alpha value is -2.81. The van der Waals surface area contributed by atoms with Crippen LogP contribution in [0.25, 0.3) is 10.8 Å². The number of ether oxygens (including phenoxy) is 1. The second kappa shape index (κ2) is 6.31.